The van der Waals surface area contributed by atoms with Crippen LogP contribution in [0.1, 0.15) is 31.2 Å². The molecule has 0 aliphatic carbocycles. The maximum atomic E-state index is 12.9. The maximum Gasteiger partial charge on any atom is 0.325 e. The third-order valence-electron chi connectivity index (χ3n) is 2.73. The molecule has 0 unspecified atom stereocenters. The smallest absolute Gasteiger partial charge is 0.325 e. The lowest BCUT2D eigenvalue weighted by Crippen LogP contribution is -2.34. The number of nitrogens with one attached hydrogen (secondary N) is 2. The third-order valence-corrected chi connectivity index (χ3v) is 2.73. The second-order valence-electron chi connectivity index (χ2n) is 4.56. The van der Waals surface area contributed by atoms with Crippen molar-refractivity contribution in [2.24, 2.45) is 0 Å². The summed E-state index contributed by atoms with van der Waals surface area (Å²) < 4.78 is 12.9. The van der Waals surface area contributed by atoms with Gasteiger partial charge in [-0.25, -0.2) is 9.18 Å². The van der Waals surface area contributed by atoms with Gasteiger partial charge in [-0.15, -0.1) is 0 Å². The highest BCUT2D eigenvalue weighted by Gasteiger charge is 2.09. The van der Waals surface area contributed by atoms with Crippen LogP contribution in [0.4, 0.5) is 14.9 Å². The zero-order valence-electron chi connectivity index (χ0n) is 11.6. The van der Waals surface area contributed by atoms with Gasteiger partial charge in [0.05, 0.1) is 0 Å². The van der Waals surface area contributed by atoms with E-state index in [-0.39, 0.29) is 12.8 Å². The maximum absolute atomic E-state index is 12.9. The van der Waals surface area contributed by atoms with Gasteiger partial charge in [0.2, 0.25) is 5.91 Å². The molecule has 114 valence electrons. The molecule has 0 fully saturated rings. The van der Waals surface area contributed by atoms with Crippen LogP contribution in [0.25, 0.3) is 0 Å². The summed E-state index contributed by atoms with van der Waals surface area (Å²) in [6.07, 6.45) is 0.833. The molecule has 0 aliphatic rings. The third kappa shape index (κ3) is 6.51. The first-order valence-corrected chi connectivity index (χ1v) is 6.47. The number of carbonyl (C=O) groups is 3. The van der Waals surface area contributed by atoms with E-state index in [2.05, 4.69) is 10.6 Å². The molecule has 0 aliphatic heterocycles. The van der Waals surface area contributed by atoms with E-state index in [1.54, 1.807) is 6.92 Å². The van der Waals surface area contributed by atoms with Crippen molar-refractivity contribution in [1.29, 1.82) is 0 Å². The Labute approximate surface area is 121 Å². The van der Waals surface area contributed by atoms with E-state index in [0.29, 0.717) is 24.1 Å². The van der Waals surface area contributed by atoms with Gasteiger partial charge in [-0.1, -0.05) is 0 Å². The minimum absolute atomic E-state index is 0.00570. The molecule has 3 N–H and O–H groups in total. The van der Waals surface area contributed by atoms with E-state index in [9.17, 15) is 18.8 Å². The van der Waals surface area contributed by atoms with Gasteiger partial charge in [0, 0.05) is 18.5 Å². The van der Waals surface area contributed by atoms with Crippen LogP contribution in [-0.4, -0.2) is 23.0 Å². The van der Waals surface area contributed by atoms with Crippen molar-refractivity contribution in [3.63, 3.8) is 0 Å². The fourth-order valence-corrected chi connectivity index (χ4v) is 1.67. The lowest BCUT2D eigenvalue weighted by Gasteiger charge is -2.09. The van der Waals surface area contributed by atoms with Gasteiger partial charge in [-0.2, -0.15) is 0 Å². The first-order valence-electron chi connectivity index (χ1n) is 6.47. The zero-order valence-corrected chi connectivity index (χ0v) is 11.6. The number of amides is 3. The van der Waals surface area contributed by atoms with Gasteiger partial charge in [0.25, 0.3) is 0 Å². The standard InChI is InChI=1S/C14H17FN2O4/c1-9-8-10(15)6-7-11(9)16-14(21)17-12(18)4-2-3-5-13(19)20/h6-8H,2-5H2,1H3,(H,19,20)(H2,16,17,18,21). The van der Waals surface area contributed by atoms with Crippen molar-refractivity contribution in [3.8, 4) is 0 Å². The minimum atomic E-state index is -0.917. The first-order chi connectivity index (χ1) is 9.88. The number of urea groups is 1. The molecule has 1 aromatic rings. The van der Waals surface area contributed by atoms with Crippen LogP contribution in [0.2, 0.25) is 0 Å². The number of anilines is 1. The molecule has 7 heteroatoms. The Hall–Kier alpha value is -2.44. The number of aryl methyl sites for hydroxylation is 1. The van der Waals surface area contributed by atoms with Crippen LogP contribution in [-0.2, 0) is 9.59 Å². The number of carbonyl (C=O) groups excluding carboxylic acids is 2. The number of imide groups is 1. The highest BCUT2D eigenvalue weighted by atomic mass is 19.1. The molecule has 0 aromatic heterocycles. The summed E-state index contributed by atoms with van der Waals surface area (Å²) in [6.45, 7) is 1.63. The van der Waals surface area contributed by atoms with Gasteiger partial charge in [0.15, 0.2) is 0 Å². The molecule has 0 spiro atoms. The van der Waals surface area contributed by atoms with Crippen molar-refractivity contribution in [1.82, 2.24) is 5.32 Å². The van der Waals surface area contributed by atoms with E-state index in [0.717, 1.165) is 0 Å². The van der Waals surface area contributed by atoms with Crippen LogP contribution >= 0.6 is 0 Å². The number of aliphatic carboxylic acids is 1. The lowest BCUT2D eigenvalue weighted by atomic mass is 10.2. The molecule has 0 heterocycles. The summed E-state index contributed by atoms with van der Waals surface area (Å²) in [5.41, 5.74) is 0.951. The Morgan fingerprint density at radius 3 is 2.48 bits per heavy atom. The predicted molar refractivity (Wildman–Crippen MR) is 74.4 cm³/mol. The largest absolute Gasteiger partial charge is 0.481 e. The Morgan fingerprint density at radius 2 is 1.86 bits per heavy atom. The van der Waals surface area contributed by atoms with E-state index in [1.807, 2.05) is 0 Å². The summed E-state index contributed by atoms with van der Waals surface area (Å²) in [7, 11) is 0. The first kappa shape index (κ1) is 16.6. The van der Waals surface area contributed by atoms with Gasteiger partial charge >= 0.3 is 12.0 Å². The van der Waals surface area contributed by atoms with Crippen LogP contribution in [0.15, 0.2) is 18.2 Å². The Bertz CT molecular complexity index is 546. The Kier molecular flexibility index (Phi) is 6.32. The molecule has 0 atom stereocenters. The lowest BCUT2D eigenvalue weighted by molar-refractivity contribution is -0.137. The highest BCUT2D eigenvalue weighted by molar-refractivity contribution is 6.01. The number of benzene rings is 1. The monoisotopic (exact) mass is 296 g/mol. The Morgan fingerprint density at radius 1 is 1.19 bits per heavy atom. The zero-order chi connectivity index (χ0) is 15.8. The number of hydrogen-bond donors (Lipinski definition) is 3. The van der Waals surface area contributed by atoms with Gasteiger partial charge in [-0.3, -0.25) is 14.9 Å². The van der Waals surface area contributed by atoms with Crippen molar-refractivity contribution in [3.05, 3.63) is 29.6 Å². The molecule has 0 saturated heterocycles. The van der Waals surface area contributed by atoms with E-state index < -0.39 is 23.7 Å². The van der Waals surface area contributed by atoms with E-state index in [1.165, 1.54) is 18.2 Å². The molecule has 1 aromatic carbocycles. The fraction of sp³-hybridized carbons (Fsp3) is 0.357. The van der Waals surface area contributed by atoms with Gasteiger partial charge < -0.3 is 10.4 Å². The average molecular weight is 296 g/mol. The van der Waals surface area contributed by atoms with Crippen LogP contribution < -0.4 is 10.6 Å². The van der Waals surface area contributed by atoms with Gasteiger partial charge in [-0.05, 0) is 43.5 Å². The summed E-state index contributed by atoms with van der Waals surface area (Å²) in [6, 6.07) is 3.18. The van der Waals surface area contributed by atoms with Gasteiger partial charge in [0.1, 0.15) is 5.82 Å². The number of unbranched alkanes of at least 4 members (excludes halogenated alkanes) is 1. The summed E-state index contributed by atoms with van der Waals surface area (Å²) in [5.74, 6) is -1.81. The SMILES string of the molecule is Cc1cc(F)ccc1NC(=O)NC(=O)CCCCC(=O)O. The molecule has 0 bridgehead atoms. The van der Waals surface area contributed by atoms with E-state index >= 15 is 0 Å². The van der Waals surface area contributed by atoms with Crippen molar-refractivity contribution < 1.29 is 23.9 Å². The van der Waals surface area contributed by atoms with Crippen molar-refractivity contribution >= 4 is 23.6 Å². The molecule has 0 saturated carbocycles. The van der Waals surface area contributed by atoms with Crippen LogP contribution in [0.5, 0.6) is 0 Å². The topological polar surface area (TPSA) is 95.5 Å². The number of carboxylic acids is 1. The summed E-state index contributed by atoms with van der Waals surface area (Å²) in [5, 5.41) is 13.0. The second-order valence-corrected chi connectivity index (χ2v) is 4.56. The molecule has 3 amide bonds. The highest BCUT2D eigenvalue weighted by Crippen LogP contribution is 2.15. The van der Waals surface area contributed by atoms with Crippen LogP contribution in [0, 0.1) is 12.7 Å². The average Bonchev–Trinajstić information content (AvgIpc) is 2.38. The molecule has 6 nitrogen and oxygen atoms in total. The molecule has 0 radical (unpaired) electrons. The number of rotatable bonds is 6. The molecule has 1 rings (SSSR count). The number of hydrogen-bond acceptors (Lipinski definition) is 3. The minimum Gasteiger partial charge on any atom is -0.481 e. The molecule has 21 heavy (non-hydrogen) atoms. The number of halogens is 1. The quantitative estimate of drug-likeness (QED) is 0.702. The molecular weight excluding hydrogens is 279 g/mol. The predicted octanol–water partition coefficient (Wildman–Crippen LogP) is 2.43. The van der Waals surface area contributed by atoms with Crippen molar-refractivity contribution in [2.45, 2.75) is 32.6 Å². The fourth-order valence-electron chi connectivity index (χ4n) is 1.67. The Balaban J connectivity index is 2.36. The van der Waals surface area contributed by atoms with Crippen LogP contribution in [0.3, 0.4) is 0 Å². The van der Waals surface area contributed by atoms with E-state index in [4.69, 9.17) is 5.11 Å². The normalized spacial score (nSPS) is 10.0. The number of carboxylic acid groups (broad SMARTS) is 1. The summed E-state index contributed by atoms with van der Waals surface area (Å²) in [4.78, 5) is 33.3. The second kappa shape index (κ2) is 7.98. The van der Waals surface area contributed by atoms with Crippen molar-refractivity contribution in [2.75, 3.05) is 5.32 Å². The molecular formula is C14H17FN2O4. The summed E-state index contributed by atoms with van der Waals surface area (Å²) >= 11 is 0.